The number of rotatable bonds is 6. The molecule has 5 heteroatoms. The number of aryl methyl sites for hydroxylation is 1. The van der Waals surface area contributed by atoms with Crippen molar-refractivity contribution in [2.24, 2.45) is 0 Å². The minimum atomic E-state index is -0.153. The van der Waals surface area contributed by atoms with Gasteiger partial charge >= 0.3 is 0 Å². The fraction of sp³-hybridized carbons (Fsp3) is 0.294. The third-order valence-corrected chi connectivity index (χ3v) is 3.52. The van der Waals surface area contributed by atoms with Crippen LogP contribution in [0.2, 0.25) is 5.02 Å². The summed E-state index contributed by atoms with van der Waals surface area (Å²) in [5.74, 6) is -0.153. The highest BCUT2D eigenvalue weighted by molar-refractivity contribution is 6.30. The number of carbonyl (C=O) groups is 1. The minimum Gasteiger partial charge on any atom is -0.355 e. The summed E-state index contributed by atoms with van der Waals surface area (Å²) >= 11 is 6.02. The van der Waals surface area contributed by atoms with Crippen molar-refractivity contribution < 1.29 is 4.79 Å². The molecule has 1 heterocycles. The average Bonchev–Trinajstić information content (AvgIpc) is 2.51. The molecule has 0 aliphatic rings. The van der Waals surface area contributed by atoms with Gasteiger partial charge in [0.2, 0.25) is 0 Å². The number of halogens is 1. The van der Waals surface area contributed by atoms with E-state index in [4.69, 9.17) is 11.6 Å². The first-order chi connectivity index (χ1) is 10.6. The maximum absolute atomic E-state index is 12.0. The van der Waals surface area contributed by atoms with Crippen molar-refractivity contribution in [1.29, 1.82) is 0 Å². The van der Waals surface area contributed by atoms with E-state index < -0.39 is 0 Å². The Bertz CT molecular complexity index is 658. The van der Waals surface area contributed by atoms with Gasteiger partial charge in [-0.15, -0.1) is 0 Å². The molecule has 0 unspecified atom stereocenters. The molecule has 0 saturated heterocycles. The Kier molecular flexibility index (Phi) is 5.78. The SMILES string of the molecule is CCCCNC(=O)c1cc(Nc2cc(Cl)ccc2C)ccn1. The summed E-state index contributed by atoms with van der Waals surface area (Å²) in [5, 5.41) is 6.80. The Balaban J connectivity index is 2.11. The first kappa shape index (κ1) is 16.3. The Hall–Kier alpha value is -2.07. The summed E-state index contributed by atoms with van der Waals surface area (Å²) in [4.78, 5) is 16.1. The number of amides is 1. The largest absolute Gasteiger partial charge is 0.355 e. The van der Waals surface area contributed by atoms with Crippen molar-refractivity contribution >= 4 is 28.9 Å². The number of nitrogens with zero attached hydrogens (tertiary/aromatic N) is 1. The second kappa shape index (κ2) is 7.80. The molecule has 2 aromatic rings. The van der Waals surface area contributed by atoms with E-state index in [9.17, 15) is 4.79 Å². The third-order valence-electron chi connectivity index (χ3n) is 3.29. The second-order valence-electron chi connectivity index (χ2n) is 5.12. The lowest BCUT2D eigenvalue weighted by Gasteiger charge is -2.11. The van der Waals surface area contributed by atoms with Gasteiger partial charge < -0.3 is 10.6 Å². The first-order valence-corrected chi connectivity index (χ1v) is 7.75. The highest BCUT2D eigenvalue weighted by atomic mass is 35.5. The van der Waals surface area contributed by atoms with Gasteiger partial charge in [0.05, 0.1) is 0 Å². The summed E-state index contributed by atoms with van der Waals surface area (Å²) in [7, 11) is 0. The molecule has 0 radical (unpaired) electrons. The molecule has 4 nitrogen and oxygen atoms in total. The van der Waals surface area contributed by atoms with Crippen LogP contribution in [-0.4, -0.2) is 17.4 Å². The molecule has 0 aliphatic carbocycles. The number of anilines is 2. The molecule has 2 N–H and O–H groups in total. The fourth-order valence-electron chi connectivity index (χ4n) is 1.99. The fourth-order valence-corrected chi connectivity index (χ4v) is 2.16. The topological polar surface area (TPSA) is 54.0 Å². The van der Waals surface area contributed by atoms with Gasteiger partial charge in [0.1, 0.15) is 5.69 Å². The van der Waals surface area contributed by atoms with E-state index in [0.717, 1.165) is 29.8 Å². The minimum absolute atomic E-state index is 0.153. The maximum atomic E-state index is 12.0. The van der Waals surface area contributed by atoms with Crippen molar-refractivity contribution in [1.82, 2.24) is 10.3 Å². The van der Waals surface area contributed by atoms with Gasteiger partial charge in [0.25, 0.3) is 5.91 Å². The first-order valence-electron chi connectivity index (χ1n) is 7.37. The predicted molar refractivity (Wildman–Crippen MR) is 90.9 cm³/mol. The Morgan fingerprint density at radius 2 is 2.09 bits per heavy atom. The van der Waals surface area contributed by atoms with Crippen molar-refractivity contribution in [3.05, 3.63) is 52.8 Å². The van der Waals surface area contributed by atoms with E-state index in [1.807, 2.05) is 31.2 Å². The number of carbonyl (C=O) groups excluding carboxylic acids is 1. The zero-order chi connectivity index (χ0) is 15.9. The number of nitrogens with one attached hydrogen (secondary N) is 2. The molecule has 22 heavy (non-hydrogen) atoms. The van der Waals surface area contributed by atoms with E-state index in [0.29, 0.717) is 17.3 Å². The normalized spacial score (nSPS) is 10.3. The molecule has 2 rings (SSSR count). The number of hydrogen-bond acceptors (Lipinski definition) is 3. The van der Waals surface area contributed by atoms with Crippen LogP contribution < -0.4 is 10.6 Å². The summed E-state index contributed by atoms with van der Waals surface area (Å²) in [6.45, 7) is 4.75. The van der Waals surface area contributed by atoms with E-state index >= 15 is 0 Å². The number of benzene rings is 1. The van der Waals surface area contributed by atoms with E-state index in [1.54, 1.807) is 12.3 Å². The monoisotopic (exact) mass is 317 g/mol. The molecular weight excluding hydrogens is 298 g/mol. The van der Waals surface area contributed by atoms with Gasteiger partial charge in [-0.25, -0.2) is 0 Å². The second-order valence-corrected chi connectivity index (χ2v) is 5.56. The van der Waals surface area contributed by atoms with Crippen LogP contribution in [-0.2, 0) is 0 Å². The summed E-state index contributed by atoms with van der Waals surface area (Å²) in [5.41, 5.74) is 3.20. The van der Waals surface area contributed by atoms with Gasteiger partial charge in [-0.05, 0) is 43.2 Å². The Morgan fingerprint density at radius 1 is 1.27 bits per heavy atom. The van der Waals surface area contributed by atoms with Crippen molar-refractivity contribution in [3.8, 4) is 0 Å². The molecule has 0 saturated carbocycles. The van der Waals surface area contributed by atoms with Crippen molar-refractivity contribution in [2.75, 3.05) is 11.9 Å². The molecular formula is C17H20ClN3O. The molecule has 1 aromatic carbocycles. The van der Waals surface area contributed by atoms with Crippen LogP contribution in [0, 0.1) is 6.92 Å². The van der Waals surface area contributed by atoms with Gasteiger partial charge in [0, 0.05) is 29.1 Å². The van der Waals surface area contributed by atoms with Gasteiger partial charge in [-0.2, -0.15) is 0 Å². The molecule has 0 spiro atoms. The van der Waals surface area contributed by atoms with Crippen molar-refractivity contribution in [3.63, 3.8) is 0 Å². The summed E-state index contributed by atoms with van der Waals surface area (Å²) in [6, 6.07) is 9.22. The molecule has 0 atom stereocenters. The van der Waals surface area contributed by atoms with Crippen LogP contribution in [0.5, 0.6) is 0 Å². The van der Waals surface area contributed by atoms with Crippen LogP contribution in [0.15, 0.2) is 36.5 Å². The molecule has 0 aliphatic heterocycles. The van der Waals surface area contributed by atoms with Crippen LogP contribution in [0.3, 0.4) is 0 Å². The number of unbranched alkanes of at least 4 members (excludes halogenated alkanes) is 1. The lowest BCUT2D eigenvalue weighted by atomic mass is 10.2. The maximum Gasteiger partial charge on any atom is 0.269 e. The standard InChI is InChI=1S/C17H20ClN3O/c1-3-4-8-20-17(22)16-11-14(7-9-19-16)21-15-10-13(18)6-5-12(15)2/h5-7,9-11H,3-4,8H2,1-2H3,(H,19,21)(H,20,22). The Morgan fingerprint density at radius 3 is 2.86 bits per heavy atom. The number of pyridine rings is 1. The lowest BCUT2D eigenvalue weighted by molar-refractivity contribution is 0.0948. The van der Waals surface area contributed by atoms with Crippen LogP contribution in [0.25, 0.3) is 0 Å². The number of hydrogen-bond donors (Lipinski definition) is 2. The highest BCUT2D eigenvalue weighted by Gasteiger charge is 2.08. The third kappa shape index (κ3) is 4.46. The number of aromatic nitrogens is 1. The van der Waals surface area contributed by atoms with Crippen LogP contribution >= 0.6 is 11.6 Å². The van der Waals surface area contributed by atoms with Gasteiger partial charge in [-0.1, -0.05) is 31.0 Å². The summed E-state index contributed by atoms with van der Waals surface area (Å²) < 4.78 is 0. The van der Waals surface area contributed by atoms with E-state index in [-0.39, 0.29) is 5.91 Å². The van der Waals surface area contributed by atoms with Crippen LogP contribution in [0.4, 0.5) is 11.4 Å². The van der Waals surface area contributed by atoms with Crippen LogP contribution in [0.1, 0.15) is 35.8 Å². The lowest BCUT2D eigenvalue weighted by Crippen LogP contribution is -2.25. The zero-order valence-electron chi connectivity index (χ0n) is 12.8. The van der Waals surface area contributed by atoms with Gasteiger partial charge in [-0.3, -0.25) is 9.78 Å². The molecule has 0 fully saturated rings. The van der Waals surface area contributed by atoms with E-state index in [2.05, 4.69) is 22.5 Å². The molecule has 0 bridgehead atoms. The average molecular weight is 318 g/mol. The molecule has 1 aromatic heterocycles. The predicted octanol–water partition coefficient (Wildman–Crippen LogP) is 4.32. The molecule has 116 valence electrons. The van der Waals surface area contributed by atoms with Gasteiger partial charge in [0.15, 0.2) is 0 Å². The quantitative estimate of drug-likeness (QED) is 0.780. The highest BCUT2D eigenvalue weighted by Crippen LogP contribution is 2.24. The summed E-state index contributed by atoms with van der Waals surface area (Å²) in [6.07, 6.45) is 3.63. The smallest absolute Gasteiger partial charge is 0.269 e. The Labute approximate surface area is 135 Å². The zero-order valence-corrected chi connectivity index (χ0v) is 13.6. The van der Waals surface area contributed by atoms with Crippen molar-refractivity contribution in [2.45, 2.75) is 26.7 Å². The molecule has 1 amide bonds. The van der Waals surface area contributed by atoms with E-state index in [1.165, 1.54) is 0 Å².